The first-order valence-corrected chi connectivity index (χ1v) is 10.7. The highest BCUT2D eigenvalue weighted by Gasteiger charge is 2.50. The van der Waals surface area contributed by atoms with Crippen LogP contribution in [0.1, 0.15) is 68.1 Å². The van der Waals surface area contributed by atoms with Gasteiger partial charge in [-0.15, -0.1) is 0 Å². The van der Waals surface area contributed by atoms with Gasteiger partial charge >= 0.3 is 0 Å². The predicted octanol–water partition coefficient (Wildman–Crippen LogP) is 7.31. The number of aryl methyl sites for hydroxylation is 1. The Bertz CT molecular complexity index is 898. The fourth-order valence-corrected chi connectivity index (χ4v) is 6.43. The Balaban J connectivity index is 1.40. The first-order valence-electron chi connectivity index (χ1n) is 10.7. The van der Waals surface area contributed by atoms with Crippen molar-refractivity contribution < 1.29 is 13.5 Å². The first kappa shape index (κ1) is 18.1. The average Bonchev–Trinajstić information content (AvgIpc) is 3.07. The second-order valence-corrected chi connectivity index (χ2v) is 9.48. The quantitative estimate of drug-likeness (QED) is 0.529. The minimum atomic E-state index is -0.572. The van der Waals surface area contributed by atoms with Gasteiger partial charge in [-0.3, -0.25) is 0 Å². The monoisotopic (exact) mass is 382 g/mol. The molecule has 0 saturated heterocycles. The number of rotatable bonds is 2. The zero-order chi connectivity index (χ0) is 19.5. The van der Waals surface area contributed by atoms with Crippen molar-refractivity contribution in [2.75, 3.05) is 0 Å². The van der Waals surface area contributed by atoms with Crippen LogP contribution < -0.4 is 4.74 Å². The SMILES string of the molecule is Cc1c(F)cc(Oc2ccc3c(c2)CCC2C3CCC3(C)CCCC23)cc1F. The van der Waals surface area contributed by atoms with Crippen molar-refractivity contribution in [2.45, 2.75) is 64.7 Å². The van der Waals surface area contributed by atoms with Gasteiger partial charge in [-0.2, -0.15) is 0 Å². The van der Waals surface area contributed by atoms with Gasteiger partial charge < -0.3 is 4.74 Å². The minimum absolute atomic E-state index is 0.0278. The van der Waals surface area contributed by atoms with Crippen LogP contribution in [0, 0.1) is 35.8 Å². The van der Waals surface area contributed by atoms with Crippen LogP contribution in [0.4, 0.5) is 8.78 Å². The predicted molar refractivity (Wildman–Crippen MR) is 107 cm³/mol. The highest BCUT2D eigenvalue weighted by molar-refractivity contribution is 5.43. The van der Waals surface area contributed by atoms with E-state index in [0.29, 0.717) is 17.1 Å². The maximum Gasteiger partial charge on any atom is 0.133 e. The normalized spacial score (nSPS) is 31.1. The van der Waals surface area contributed by atoms with E-state index in [0.717, 1.165) is 18.3 Å². The highest BCUT2D eigenvalue weighted by atomic mass is 19.1. The third-order valence-electron chi connectivity index (χ3n) is 7.97. The summed E-state index contributed by atoms with van der Waals surface area (Å²) < 4.78 is 33.4. The van der Waals surface area contributed by atoms with E-state index < -0.39 is 11.6 Å². The van der Waals surface area contributed by atoms with Crippen molar-refractivity contribution in [1.29, 1.82) is 0 Å². The number of halogens is 2. The summed E-state index contributed by atoms with van der Waals surface area (Å²) in [5.74, 6) is 2.11. The van der Waals surface area contributed by atoms with Gasteiger partial charge in [-0.1, -0.05) is 19.4 Å². The minimum Gasteiger partial charge on any atom is -0.457 e. The van der Waals surface area contributed by atoms with E-state index in [4.69, 9.17) is 4.74 Å². The highest BCUT2D eigenvalue weighted by Crippen LogP contribution is 2.60. The zero-order valence-corrected chi connectivity index (χ0v) is 16.7. The topological polar surface area (TPSA) is 9.23 Å². The number of hydrogen-bond donors (Lipinski definition) is 0. The van der Waals surface area contributed by atoms with Crippen LogP contribution in [0.25, 0.3) is 0 Å². The summed E-state index contributed by atoms with van der Waals surface area (Å²) in [6.07, 6.45) is 9.18. The molecule has 3 heteroatoms. The summed E-state index contributed by atoms with van der Waals surface area (Å²) in [5, 5.41) is 0. The van der Waals surface area contributed by atoms with Crippen LogP contribution in [0.2, 0.25) is 0 Å². The van der Waals surface area contributed by atoms with Crippen LogP contribution in [0.3, 0.4) is 0 Å². The van der Waals surface area contributed by atoms with Crippen LogP contribution >= 0.6 is 0 Å². The van der Waals surface area contributed by atoms with Gasteiger partial charge in [0, 0.05) is 17.7 Å². The van der Waals surface area contributed by atoms with Crippen LogP contribution in [0.15, 0.2) is 30.3 Å². The first-order chi connectivity index (χ1) is 13.4. The Morgan fingerprint density at radius 2 is 1.75 bits per heavy atom. The second-order valence-electron chi connectivity index (χ2n) is 9.48. The molecule has 2 aromatic carbocycles. The molecule has 2 aromatic rings. The van der Waals surface area contributed by atoms with Gasteiger partial charge in [0.15, 0.2) is 0 Å². The summed E-state index contributed by atoms with van der Waals surface area (Å²) in [4.78, 5) is 0. The van der Waals surface area contributed by atoms with Crippen molar-refractivity contribution in [3.05, 3.63) is 58.7 Å². The van der Waals surface area contributed by atoms with E-state index in [-0.39, 0.29) is 11.3 Å². The second kappa shape index (κ2) is 6.57. The van der Waals surface area contributed by atoms with E-state index >= 15 is 0 Å². The Morgan fingerprint density at radius 3 is 2.54 bits per heavy atom. The molecule has 28 heavy (non-hydrogen) atoms. The largest absolute Gasteiger partial charge is 0.457 e. The van der Waals surface area contributed by atoms with Gasteiger partial charge in [0.05, 0.1) is 0 Å². The third kappa shape index (κ3) is 2.86. The van der Waals surface area contributed by atoms with E-state index in [1.165, 1.54) is 68.7 Å². The van der Waals surface area contributed by atoms with Crippen molar-refractivity contribution >= 4 is 0 Å². The lowest BCUT2D eigenvalue weighted by molar-refractivity contribution is 0.0598. The van der Waals surface area contributed by atoms with Crippen molar-refractivity contribution in [3.63, 3.8) is 0 Å². The summed E-state index contributed by atoms with van der Waals surface area (Å²) in [7, 11) is 0. The van der Waals surface area contributed by atoms with E-state index in [1.54, 1.807) is 0 Å². The molecule has 148 valence electrons. The zero-order valence-electron chi connectivity index (χ0n) is 16.7. The molecule has 0 aromatic heterocycles. The fourth-order valence-electron chi connectivity index (χ4n) is 6.43. The molecule has 2 fully saturated rings. The molecule has 2 saturated carbocycles. The molecule has 0 N–H and O–H groups in total. The lowest BCUT2D eigenvalue weighted by atomic mass is 9.56. The maximum atomic E-state index is 13.8. The maximum absolute atomic E-state index is 13.8. The van der Waals surface area contributed by atoms with E-state index in [2.05, 4.69) is 19.1 Å². The molecule has 0 bridgehead atoms. The number of fused-ring (bicyclic) bond motifs is 5. The van der Waals surface area contributed by atoms with Gasteiger partial charge in [0.1, 0.15) is 23.1 Å². The molecular formula is C25H28F2O. The standard InChI is InChI=1S/C25H28F2O/c1-15-23(26)13-18(14-24(15)27)28-17-6-8-19-16(12-17)5-7-21-20(19)9-11-25(2)10-3-4-22(21)25/h6,8,12-14,20-22H,3-5,7,9-11H2,1-2H3. The molecule has 3 aliphatic carbocycles. The molecule has 0 heterocycles. The molecule has 0 spiro atoms. The molecule has 0 aliphatic heterocycles. The molecule has 4 atom stereocenters. The van der Waals surface area contributed by atoms with Crippen molar-refractivity contribution in [1.82, 2.24) is 0 Å². The third-order valence-corrected chi connectivity index (χ3v) is 7.97. The van der Waals surface area contributed by atoms with Gasteiger partial charge in [-0.05, 0) is 91.9 Å². The van der Waals surface area contributed by atoms with Gasteiger partial charge in [-0.25, -0.2) is 8.78 Å². The number of benzene rings is 2. The number of hydrogen-bond acceptors (Lipinski definition) is 1. The van der Waals surface area contributed by atoms with E-state index in [9.17, 15) is 8.78 Å². The van der Waals surface area contributed by atoms with Crippen LogP contribution in [0.5, 0.6) is 11.5 Å². The summed E-state index contributed by atoms with van der Waals surface area (Å²) >= 11 is 0. The smallest absolute Gasteiger partial charge is 0.133 e. The Morgan fingerprint density at radius 1 is 0.964 bits per heavy atom. The molecule has 3 aliphatic rings. The van der Waals surface area contributed by atoms with Gasteiger partial charge in [0.25, 0.3) is 0 Å². The fraction of sp³-hybridized carbons (Fsp3) is 0.520. The van der Waals surface area contributed by atoms with Crippen molar-refractivity contribution in [2.24, 2.45) is 17.3 Å². The summed E-state index contributed by atoms with van der Waals surface area (Å²) in [6, 6.07) is 8.79. The summed E-state index contributed by atoms with van der Waals surface area (Å²) in [6.45, 7) is 3.95. The molecule has 0 amide bonds. The molecule has 1 nitrogen and oxygen atoms in total. The molecule has 5 rings (SSSR count). The average molecular weight is 382 g/mol. The van der Waals surface area contributed by atoms with Crippen LogP contribution in [-0.4, -0.2) is 0 Å². The lowest BCUT2D eigenvalue weighted by Gasteiger charge is -2.49. The molecule has 0 radical (unpaired) electrons. The Kier molecular flexibility index (Phi) is 4.26. The van der Waals surface area contributed by atoms with Crippen molar-refractivity contribution in [3.8, 4) is 11.5 Å². The molecule has 4 unspecified atom stereocenters. The Labute approximate surface area is 166 Å². The summed E-state index contributed by atoms with van der Waals surface area (Å²) in [5.41, 5.74) is 3.44. The van der Waals surface area contributed by atoms with Gasteiger partial charge in [0.2, 0.25) is 0 Å². The number of ether oxygens (including phenoxy) is 1. The lowest BCUT2D eigenvalue weighted by Crippen LogP contribution is -2.39. The van der Waals surface area contributed by atoms with E-state index in [1.807, 2.05) is 6.07 Å². The Hall–Kier alpha value is -1.90. The molecular weight excluding hydrogens is 354 g/mol. The van der Waals surface area contributed by atoms with Crippen LogP contribution in [-0.2, 0) is 6.42 Å².